The van der Waals surface area contributed by atoms with Gasteiger partial charge in [0.15, 0.2) is 0 Å². The second-order valence-corrected chi connectivity index (χ2v) is 5.57. The van der Waals surface area contributed by atoms with E-state index in [1.807, 2.05) is 4.90 Å². The van der Waals surface area contributed by atoms with Crippen molar-refractivity contribution in [1.82, 2.24) is 9.80 Å². The van der Waals surface area contributed by atoms with Gasteiger partial charge in [0.25, 0.3) is 0 Å². The molecule has 0 aromatic carbocycles. The average Bonchev–Trinajstić information content (AvgIpc) is 2.82. The zero-order valence-electron chi connectivity index (χ0n) is 10.2. The Morgan fingerprint density at radius 1 is 1.18 bits per heavy atom. The van der Waals surface area contributed by atoms with Gasteiger partial charge in [0.1, 0.15) is 0 Å². The molecule has 0 aromatic heterocycles. The molecule has 1 saturated heterocycles. The summed E-state index contributed by atoms with van der Waals surface area (Å²) in [5.74, 6) is 0.676. The fourth-order valence-corrected chi connectivity index (χ4v) is 2.96. The van der Waals surface area contributed by atoms with Crippen molar-refractivity contribution < 1.29 is 4.79 Å². The molecule has 2 N–H and O–H groups in total. The van der Waals surface area contributed by atoms with Crippen molar-refractivity contribution in [3.63, 3.8) is 0 Å². The zero-order valence-corrected chi connectivity index (χ0v) is 11.0. The van der Waals surface area contributed by atoms with Crippen LogP contribution in [0.5, 0.6) is 0 Å². The van der Waals surface area contributed by atoms with Crippen LogP contribution in [0.25, 0.3) is 0 Å². The van der Waals surface area contributed by atoms with Crippen LogP contribution in [0.2, 0.25) is 0 Å². The molecule has 96 valence electrons. The molecule has 0 bridgehead atoms. The second kappa shape index (κ2) is 5.78. The number of amides is 1. The lowest BCUT2D eigenvalue weighted by Gasteiger charge is -2.35. The third-order valence-corrected chi connectivity index (χ3v) is 3.90. The number of carbonyl (C=O) groups excluding carboxylic acids is 1. The lowest BCUT2D eigenvalue weighted by molar-refractivity contribution is -0.137. The molecule has 2 rings (SSSR count). The van der Waals surface area contributed by atoms with Gasteiger partial charge in [-0.1, -0.05) is 25.1 Å². The fourth-order valence-electron chi connectivity index (χ4n) is 2.78. The minimum atomic E-state index is 0.303. The summed E-state index contributed by atoms with van der Waals surface area (Å²) in [4.78, 5) is 17.0. The Morgan fingerprint density at radius 2 is 1.76 bits per heavy atom. The van der Waals surface area contributed by atoms with Crippen LogP contribution in [-0.2, 0) is 4.79 Å². The predicted octanol–water partition coefficient (Wildman–Crippen LogP) is 0.607. The van der Waals surface area contributed by atoms with Crippen LogP contribution in [0.15, 0.2) is 0 Å². The molecular formula is C12H21N3OS. The van der Waals surface area contributed by atoms with E-state index >= 15 is 0 Å². The van der Waals surface area contributed by atoms with Crippen molar-refractivity contribution in [2.45, 2.75) is 25.7 Å². The number of nitrogens with zero attached hydrogens (tertiary/aromatic N) is 2. The van der Waals surface area contributed by atoms with E-state index in [9.17, 15) is 4.79 Å². The predicted molar refractivity (Wildman–Crippen MR) is 71.8 cm³/mol. The lowest BCUT2D eigenvalue weighted by atomic mass is 10.1. The molecule has 4 nitrogen and oxygen atoms in total. The second-order valence-electron chi connectivity index (χ2n) is 5.05. The highest BCUT2D eigenvalue weighted by Gasteiger charge is 2.29. The summed E-state index contributed by atoms with van der Waals surface area (Å²) in [7, 11) is 0. The maximum Gasteiger partial charge on any atom is 0.225 e. The number of hydrogen-bond acceptors (Lipinski definition) is 3. The molecule has 1 aliphatic heterocycles. The SMILES string of the molecule is NC(=S)CN1CCN(C(=O)C2CCCC2)CC1. The van der Waals surface area contributed by atoms with E-state index in [1.54, 1.807) is 0 Å². The maximum absolute atomic E-state index is 12.2. The molecule has 1 aliphatic carbocycles. The monoisotopic (exact) mass is 255 g/mol. The summed E-state index contributed by atoms with van der Waals surface area (Å²) >= 11 is 4.90. The maximum atomic E-state index is 12.2. The van der Waals surface area contributed by atoms with Gasteiger partial charge < -0.3 is 10.6 Å². The van der Waals surface area contributed by atoms with E-state index in [0.29, 0.717) is 23.4 Å². The third kappa shape index (κ3) is 3.39. The number of nitrogens with two attached hydrogens (primary N) is 1. The van der Waals surface area contributed by atoms with Gasteiger partial charge in [-0.25, -0.2) is 0 Å². The number of thiocarbonyl (C=S) groups is 1. The Kier molecular flexibility index (Phi) is 4.34. The van der Waals surface area contributed by atoms with Crippen molar-refractivity contribution in [2.75, 3.05) is 32.7 Å². The summed E-state index contributed by atoms with van der Waals surface area (Å²) in [6, 6.07) is 0. The van der Waals surface area contributed by atoms with Crippen molar-refractivity contribution in [3.8, 4) is 0 Å². The Bertz CT molecular complexity index is 294. The van der Waals surface area contributed by atoms with Crippen LogP contribution in [0.1, 0.15) is 25.7 Å². The number of rotatable bonds is 3. The first-order valence-electron chi connectivity index (χ1n) is 6.46. The quantitative estimate of drug-likeness (QED) is 0.751. The van der Waals surface area contributed by atoms with Crippen molar-refractivity contribution in [2.24, 2.45) is 11.7 Å². The summed E-state index contributed by atoms with van der Waals surface area (Å²) < 4.78 is 0. The molecule has 2 aliphatic rings. The van der Waals surface area contributed by atoms with E-state index < -0.39 is 0 Å². The number of piperazine rings is 1. The van der Waals surface area contributed by atoms with Crippen LogP contribution >= 0.6 is 12.2 Å². The van der Waals surface area contributed by atoms with Crippen LogP contribution < -0.4 is 5.73 Å². The first-order chi connectivity index (χ1) is 8.16. The molecule has 5 heteroatoms. The molecule has 0 atom stereocenters. The highest BCUT2D eigenvalue weighted by Crippen LogP contribution is 2.26. The summed E-state index contributed by atoms with van der Waals surface area (Å²) in [6.07, 6.45) is 4.62. The van der Waals surface area contributed by atoms with Gasteiger partial charge in [0, 0.05) is 38.6 Å². The molecule has 0 radical (unpaired) electrons. The van der Waals surface area contributed by atoms with Gasteiger partial charge in [-0.15, -0.1) is 0 Å². The molecule has 0 unspecified atom stereocenters. The molecule has 1 amide bonds. The standard InChI is InChI=1S/C12H21N3OS/c13-11(17)9-14-5-7-15(8-6-14)12(16)10-3-1-2-4-10/h10H,1-9H2,(H2,13,17). The van der Waals surface area contributed by atoms with Crippen LogP contribution in [0.3, 0.4) is 0 Å². The van der Waals surface area contributed by atoms with Crippen molar-refractivity contribution >= 4 is 23.1 Å². The van der Waals surface area contributed by atoms with Crippen LogP contribution in [-0.4, -0.2) is 53.4 Å². The molecule has 1 heterocycles. The summed E-state index contributed by atoms with van der Waals surface area (Å²) in [6.45, 7) is 4.14. The minimum absolute atomic E-state index is 0.303. The Hall–Kier alpha value is -0.680. The van der Waals surface area contributed by atoms with Crippen LogP contribution in [0, 0.1) is 5.92 Å². The highest BCUT2D eigenvalue weighted by atomic mass is 32.1. The van der Waals surface area contributed by atoms with Crippen molar-refractivity contribution in [1.29, 1.82) is 0 Å². The van der Waals surface area contributed by atoms with E-state index in [2.05, 4.69) is 4.90 Å². The van der Waals surface area contributed by atoms with E-state index in [-0.39, 0.29) is 0 Å². The first kappa shape index (κ1) is 12.8. The largest absolute Gasteiger partial charge is 0.392 e. The molecule has 2 fully saturated rings. The topological polar surface area (TPSA) is 49.6 Å². The Balaban J connectivity index is 1.78. The fraction of sp³-hybridized carbons (Fsp3) is 0.833. The van der Waals surface area contributed by atoms with E-state index in [0.717, 1.165) is 39.0 Å². The summed E-state index contributed by atoms with van der Waals surface area (Å²) in [5.41, 5.74) is 5.53. The van der Waals surface area contributed by atoms with Crippen molar-refractivity contribution in [3.05, 3.63) is 0 Å². The smallest absolute Gasteiger partial charge is 0.225 e. The van der Waals surface area contributed by atoms with E-state index in [4.69, 9.17) is 18.0 Å². The normalized spacial score (nSPS) is 22.9. The molecule has 0 aromatic rings. The lowest BCUT2D eigenvalue weighted by Crippen LogP contribution is -2.51. The van der Waals surface area contributed by atoms with Gasteiger partial charge in [-0.05, 0) is 12.8 Å². The third-order valence-electron chi connectivity index (χ3n) is 3.77. The van der Waals surface area contributed by atoms with Gasteiger partial charge in [0.2, 0.25) is 5.91 Å². The zero-order chi connectivity index (χ0) is 12.3. The molecule has 0 spiro atoms. The number of carbonyl (C=O) groups is 1. The first-order valence-corrected chi connectivity index (χ1v) is 6.87. The van der Waals surface area contributed by atoms with Gasteiger partial charge >= 0.3 is 0 Å². The number of hydrogen-bond donors (Lipinski definition) is 1. The van der Waals surface area contributed by atoms with E-state index in [1.165, 1.54) is 12.8 Å². The Labute approximate surface area is 108 Å². The molecule has 1 saturated carbocycles. The minimum Gasteiger partial charge on any atom is -0.392 e. The Morgan fingerprint density at radius 3 is 2.29 bits per heavy atom. The average molecular weight is 255 g/mol. The van der Waals surface area contributed by atoms with Crippen LogP contribution in [0.4, 0.5) is 0 Å². The molecule has 17 heavy (non-hydrogen) atoms. The molecular weight excluding hydrogens is 234 g/mol. The van der Waals surface area contributed by atoms with Gasteiger partial charge in [-0.3, -0.25) is 9.69 Å². The van der Waals surface area contributed by atoms with Gasteiger partial charge in [0.05, 0.1) is 4.99 Å². The highest BCUT2D eigenvalue weighted by molar-refractivity contribution is 7.80. The van der Waals surface area contributed by atoms with Gasteiger partial charge in [-0.2, -0.15) is 0 Å². The summed E-state index contributed by atoms with van der Waals surface area (Å²) in [5, 5.41) is 0.